The number of halogens is 4. The summed E-state index contributed by atoms with van der Waals surface area (Å²) in [6.45, 7) is -0.0933. The van der Waals surface area contributed by atoms with Gasteiger partial charge < -0.3 is 29.8 Å². The molecule has 2 aromatic rings. The molecule has 2 rings (SSSR count). The van der Waals surface area contributed by atoms with Crippen LogP contribution in [0.4, 0.5) is 23.2 Å². The van der Waals surface area contributed by atoms with E-state index in [0.717, 1.165) is 4.57 Å². The number of carboxylic acids is 1. The summed E-state index contributed by atoms with van der Waals surface area (Å²) in [4.78, 5) is 61.3. The van der Waals surface area contributed by atoms with Gasteiger partial charge in [-0.25, -0.2) is 8.78 Å². The van der Waals surface area contributed by atoms with E-state index in [0.29, 0.717) is 0 Å². The number of ketones is 1. The van der Waals surface area contributed by atoms with Crippen molar-refractivity contribution in [3.05, 3.63) is 58.0 Å². The van der Waals surface area contributed by atoms with Crippen molar-refractivity contribution in [2.75, 3.05) is 25.6 Å². The minimum atomic E-state index is -1.92. The Balaban J connectivity index is 2.25. The number of benzene rings is 1. The highest BCUT2D eigenvalue weighted by atomic mass is 19.2. The van der Waals surface area contributed by atoms with E-state index in [4.69, 9.17) is 5.11 Å². The topological polar surface area (TPSA) is 153 Å². The third kappa shape index (κ3) is 7.38. The molecule has 0 aliphatic heterocycles. The Morgan fingerprint density at radius 3 is 2.26 bits per heavy atom. The fraction of sp³-hybridized carbons (Fsp3) is 0.348. The number of Topliss-reactive ketones (excluding diaryl/α,β-unsaturated/α-hetero) is 1. The van der Waals surface area contributed by atoms with Crippen molar-refractivity contribution in [2.24, 2.45) is 0 Å². The van der Waals surface area contributed by atoms with Gasteiger partial charge in [-0.1, -0.05) is 6.92 Å². The standard InChI is InChI=1S/C23H23F4N3O8/c1-3-15(30-6-4-5-13(23(30)36)28-17(32)10-37-2)22(35)29-14(8-18(33)34)16(31)9-38-21-19(26)11(24)7-12(25)20(21)27/h4-7,14-15H,3,8-10H2,1-2H3,(H,28,32)(H,29,35)(H,33,34)/t14?,15-/m0/s1. The Morgan fingerprint density at radius 1 is 1.08 bits per heavy atom. The quantitative estimate of drug-likeness (QED) is 0.253. The number of anilines is 1. The van der Waals surface area contributed by atoms with E-state index in [1.54, 1.807) is 0 Å². The highest BCUT2D eigenvalue weighted by Crippen LogP contribution is 2.26. The summed E-state index contributed by atoms with van der Waals surface area (Å²) in [6, 6.07) is -0.525. The van der Waals surface area contributed by atoms with Crippen LogP contribution in [0.1, 0.15) is 25.8 Å². The monoisotopic (exact) mass is 545 g/mol. The van der Waals surface area contributed by atoms with Crippen LogP contribution in [-0.4, -0.2) is 59.6 Å². The summed E-state index contributed by atoms with van der Waals surface area (Å²) in [6.07, 6.45) is 0.211. The second kappa shape index (κ2) is 13.3. The number of methoxy groups -OCH3 is 1. The summed E-state index contributed by atoms with van der Waals surface area (Å²) in [5.41, 5.74) is -0.971. The fourth-order valence-corrected chi connectivity index (χ4v) is 3.29. The number of rotatable bonds is 13. The van der Waals surface area contributed by atoms with Gasteiger partial charge >= 0.3 is 5.97 Å². The third-order valence-electron chi connectivity index (χ3n) is 5.06. The first-order chi connectivity index (χ1) is 17.9. The van der Waals surface area contributed by atoms with Gasteiger partial charge in [-0.3, -0.25) is 24.0 Å². The summed E-state index contributed by atoms with van der Waals surface area (Å²) >= 11 is 0. The molecule has 1 unspecified atom stereocenters. The van der Waals surface area contributed by atoms with Crippen molar-refractivity contribution in [2.45, 2.75) is 31.8 Å². The van der Waals surface area contributed by atoms with E-state index in [9.17, 15) is 41.5 Å². The Kier molecular flexibility index (Phi) is 10.5. The third-order valence-corrected chi connectivity index (χ3v) is 5.06. The van der Waals surface area contributed by atoms with Crippen LogP contribution in [0.2, 0.25) is 0 Å². The van der Waals surface area contributed by atoms with Crippen molar-refractivity contribution in [3.63, 3.8) is 0 Å². The first-order valence-electron chi connectivity index (χ1n) is 10.9. The zero-order valence-electron chi connectivity index (χ0n) is 20.1. The number of carbonyl (C=O) groups is 4. The predicted molar refractivity (Wildman–Crippen MR) is 121 cm³/mol. The van der Waals surface area contributed by atoms with Crippen LogP contribution in [0.3, 0.4) is 0 Å². The van der Waals surface area contributed by atoms with Crippen molar-refractivity contribution < 1.29 is 51.3 Å². The number of carbonyl (C=O) groups excluding carboxylic acids is 3. The average molecular weight is 545 g/mol. The molecule has 11 nitrogen and oxygen atoms in total. The lowest BCUT2D eigenvalue weighted by molar-refractivity contribution is -0.140. The van der Waals surface area contributed by atoms with Crippen LogP contribution in [0, 0.1) is 23.3 Å². The molecule has 1 aromatic carbocycles. The molecule has 15 heteroatoms. The fourth-order valence-electron chi connectivity index (χ4n) is 3.29. The van der Waals surface area contributed by atoms with Crippen LogP contribution in [0.25, 0.3) is 0 Å². The molecule has 0 aliphatic carbocycles. The lowest BCUT2D eigenvalue weighted by Crippen LogP contribution is -2.48. The Morgan fingerprint density at radius 2 is 1.71 bits per heavy atom. The lowest BCUT2D eigenvalue weighted by atomic mass is 10.1. The molecule has 0 saturated carbocycles. The molecular formula is C23H23F4N3O8. The van der Waals surface area contributed by atoms with Crippen LogP contribution in [-0.2, 0) is 23.9 Å². The van der Waals surface area contributed by atoms with Crippen molar-refractivity contribution in [1.29, 1.82) is 0 Å². The van der Waals surface area contributed by atoms with E-state index in [2.05, 4.69) is 20.1 Å². The second-order valence-electron chi connectivity index (χ2n) is 7.75. The highest BCUT2D eigenvalue weighted by molar-refractivity contribution is 5.94. The number of aliphatic carboxylic acids is 1. The summed E-state index contributed by atoms with van der Waals surface area (Å²) in [5.74, 6) is -13.3. The summed E-state index contributed by atoms with van der Waals surface area (Å²) in [5, 5.41) is 13.6. The molecule has 2 atom stereocenters. The minimum absolute atomic E-state index is 0.0231. The maximum atomic E-state index is 13.8. The number of pyridine rings is 1. The van der Waals surface area contributed by atoms with Gasteiger partial charge in [0.25, 0.3) is 5.56 Å². The number of ether oxygens (including phenoxy) is 2. The van der Waals surface area contributed by atoms with Gasteiger partial charge in [0.1, 0.15) is 31.0 Å². The molecular weight excluding hydrogens is 522 g/mol. The first-order valence-corrected chi connectivity index (χ1v) is 10.9. The van der Waals surface area contributed by atoms with Gasteiger partial charge in [-0.15, -0.1) is 0 Å². The molecule has 3 N–H and O–H groups in total. The average Bonchev–Trinajstić information content (AvgIpc) is 2.84. The van der Waals surface area contributed by atoms with Gasteiger partial charge in [0, 0.05) is 19.4 Å². The Labute approximate surface area is 212 Å². The lowest BCUT2D eigenvalue weighted by Gasteiger charge is -2.22. The largest absolute Gasteiger partial charge is 0.481 e. The normalized spacial score (nSPS) is 12.4. The zero-order valence-corrected chi connectivity index (χ0v) is 20.1. The van der Waals surface area contributed by atoms with Crippen LogP contribution in [0.15, 0.2) is 29.2 Å². The molecule has 2 amide bonds. The minimum Gasteiger partial charge on any atom is -0.481 e. The smallest absolute Gasteiger partial charge is 0.305 e. The van der Waals surface area contributed by atoms with Crippen molar-refractivity contribution >= 4 is 29.3 Å². The molecule has 0 spiro atoms. The van der Waals surface area contributed by atoms with E-state index < -0.39 is 83.3 Å². The number of amides is 2. The first kappa shape index (κ1) is 30.0. The molecule has 206 valence electrons. The SMILES string of the molecule is CC[C@@H](C(=O)NC(CC(=O)O)C(=O)COc1c(F)c(F)cc(F)c1F)n1cccc(NC(=O)COC)c1=O. The number of hydrogen-bond donors (Lipinski definition) is 3. The number of nitrogens with zero attached hydrogens (tertiary/aromatic N) is 1. The van der Waals surface area contributed by atoms with Gasteiger partial charge in [0.2, 0.25) is 23.4 Å². The maximum Gasteiger partial charge on any atom is 0.305 e. The van der Waals surface area contributed by atoms with E-state index in [1.165, 1.54) is 32.4 Å². The Bertz CT molecular complexity index is 1260. The van der Waals surface area contributed by atoms with E-state index in [-0.39, 0.29) is 24.8 Å². The molecule has 0 radical (unpaired) electrons. The molecule has 1 heterocycles. The molecule has 0 bridgehead atoms. The van der Waals surface area contributed by atoms with Gasteiger partial charge in [0.05, 0.1) is 6.42 Å². The summed E-state index contributed by atoms with van der Waals surface area (Å²) in [7, 11) is 1.27. The van der Waals surface area contributed by atoms with Crippen molar-refractivity contribution in [1.82, 2.24) is 9.88 Å². The molecule has 38 heavy (non-hydrogen) atoms. The second-order valence-corrected chi connectivity index (χ2v) is 7.75. The van der Waals surface area contributed by atoms with E-state index >= 15 is 0 Å². The predicted octanol–water partition coefficient (Wildman–Crippen LogP) is 1.55. The van der Waals surface area contributed by atoms with Crippen LogP contribution >= 0.6 is 0 Å². The van der Waals surface area contributed by atoms with Crippen LogP contribution < -0.4 is 20.9 Å². The van der Waals surface area contributed by atoms with Gasteiger partial charge in [0.15, 0.2) is 23.2 Å². The number of carboxylic acid groups (broad SMARTS) is 1. The number of nitrogens with one attached hydrogen (secondary N) is 2. The number of hydrogen-bond acceptors (Lipinski definition) is 7. The van der Waals surface area contributed by atoms with Gasteiger partial charge in [-0.05, 0) is 18.6 Å². The van der Waals surface area contributed by atoms with Crippen molar-refractivity contribution in [3.8, 4) is 5.75 Å². The van der Waals surface area contributed by atoms with Crippen LogP contribution in [0.5, 0.6) is 5.75 Å². The highest BCUT2D eigenvalue weighted by Gasteiger charge is 2.30. The Hall–Kier alpha value is -4.27. The molecule has 0 fully saturated rings. The molecule has 0 saturated heterocycles. The molecule has 0 aliphatic rings. The van der Waals surface area contributed by atoms with E-state index in [1.807, 2.05) is 0 Å². The zero-order chi connectivity index (χ0) is 28.6. The molecule has 1 aromatic heterocycles. The number of aromatic nitrogens is 1. The maximum absolute atomic E-state index is 13.8. The van der Waals surface area contributed by atoms with Gasteiger partial charge in [-0.2, -0.15) is 8.78 Å². The summed E-state index contributed by atoms with van der Waals surface area (Å²) < 4.78 is 64.5.